The van der Waals surface area contributed by atoms with Crippen molar-refractivity contribution >= 4 is 0 Å². The van der Waals surface area contributed by atoms with Crippen LogP contribution < -0.4 is 5.32 Å². The van der Waals surface area contributed by atoms with Gasteiger partial charge in [0.1, 0.15) is 0 Å². The smallest absolute Gasteiger partial charge is 0.0771 e. The molecule has 3 heteroatoms. The summed E-state index contributed by atoms with van der Waals surface area (Å²) < 4.78 is 0. The minimum atomic E-state index is -0.483. The topological polar surface area (TPSA) is 45.1 Å². The summed E-state index contributed by atoms with van der Waals surface area (Å²) in [7, 11) is 0. The zero-order valence-electron chi connectivity index (χ0n) is 9.82. The highest BCUT2D eigenvalue weighted by Gasteiger charge is 2.31. The molecule has 1 aromatic rings. The van der Waals surface area contributed by atoms with Crippen LogP contribution in [0.25, 0.3) is 0 Å². The van der Waals surface area contributed by atoms with Gasteiger partial charge in [-0.15, -0.1) is 0 Å². The number of hydrogen-bond acceptors (Lipinski definition) is 3. The summed E-state index contributed by atoms with van der Waals surface area (Å²) in [6, 6.07) is 6.12. The summed E-state index contributed by atoms with van der Waals surface area (Å²) in [5.74, 6) is 0. The van der Waals surface area contributed by atoms with Crippen LogP contribution in [0.1, 0.15) is 44.3 Å². The number of nitrogens with zero attached hydrogens (tertiary/aromatic N) is 1. The molecule has 1 heterocycles. The van der Waals surface area contributed by atoms with Gasteiger partial charge >= 0.3 is 0 Å². The third-order valence-electron chi connectivity index (χ3n) is 3.40. The molecule has 0 aromatic carbocycles. The molecule has 0 saturated heterocycles. The molecule has 0 amide bonds. The lowest BCUT2D eigenvalue weighted by molar-refractivity contribution is 0.0452. The van der Waals surface area contributed by atoms with E-state index >= 15 is 0 Å². The Hall–Kier alpha value is -0.930. The number of nitrogens with one attached hydrogen (secondary N) is 1. The average Bonchev–Trinajstić information content (AvgIpc) is 2.75. The average molecular weight is 220 g/mol. The van der Waals surface area contributed by atoms with Gasteiger partial charge in [0.15, 0.2) is 0 Å². The van der Waals surface area contributed by atoms with Crippen LogP contribution in [0.5, 0.6) is 0 Å². The van der Waals surface area contributed by atoms with E-state index in [1.165, 1.54) is 0 Å². The van der Waals surface area contributed by atoms with E-state index in [2.05, 4.69) is 17.2 Å². The maximum Gasteiger partial charge on any atom is 0.0771 e. The summed E-state index contributed by atoms with van der Waals surface area (Å²) in [4.78, 5) is 4.30. The molecule has 1 aliphatic rings. The molecule has 1 atom stereocenters. The number of pyridine rings is 1. The van der Waals surface area contributed by atoms with Gasteiger partial charge in [0.05, 0.1) is 11.3 Å². The van der Waals surface area contributed by atoms with Gasteiger partial charge in [0, 0.05) is 18.8 Å². The van der Waals surface area contributed by atoms with Gasteiger partial charge in [-0.3, -0.25) is 4.98 Å². The normalized spacial score (nSPS) is 20.9. The van der Waals surface area contributed by atoms with Crippen molar-refractivity contribution in [2.24, 2.45) is 0 Å². The van der Waals surface area contributed by atoms with E-state index in [1.807, 2.05) is 18.2 Å². The van der Waals surface area contributed by atoms with E-state index < -0.39 is 5.60 Å². The van der Waals surface area contributed by atoms with E-state index in [0.29, 0.717) is 6.54 Å². The van der Waals surface area contributed by atoms with E-state index in [-0.39, 0.29) is 6.04 Å². The van der Waals surface area contributed by atoms with Crippen molar-refractivity contribution < 1.29 is 5.11 Å². The quantitative estimate of drug-likeness (QED) is 0.816. The maximum absolute atomic E-state index is 10.2. The standard InChI is InChI=1S/C13H20N2O/c1-11(12-6-2-5-9-14-12)15-10-13(16)7-3-4-8-13/h2,5-6,9,11,15-16H,3-4,7-8,10H2,1H3/t11-/m1/s1. The van der Waals surface area contributed by atoms with Crippen LogP contribution in [0.3, 0.4) is 0 Å². The van der Waals surface area contributed by atoms with Crippen LogP contribution in [-0.2, 0) is 0 Å². The van der Waals surface area contributed by atoms with Crippen molar-refractivity contribution in [1.82, 2.24) is 10.3 Å². The van der Waals surface area contributed by atoms with Crippen LogP contribution in [0.2, 0.25) is 0 Å². The van der Waals surface area contributed by atoms with Crippen LogP contribution in [-0.4, -0.2) is 22.2 Å². The largest absolute Gasteiger partial charge is 0.389 e. The third kappa shape index (κ3) is 2.80. The highest BCUT2D eigenvalue weighted by molar-refractivity contribution is 5.07. The maximum atomic E-state index is 10.2. The van der Waals surface area contributed by atoms with E-state index in [1.54, 1.807) is 6.20 Å². The van der Waals surface area contributed by atoms with Gasteiger partial charge in [-0.2, -0.15) is 0 Å². The molecule has 0 aliphatic heterocycles. The SMILES string of the molecule is C[C@@H](NCC1(O)CCCC1)c1ccccn1. The van der Waals surface area contributed by atoms with Crippen LogP contribution in [0.4, 0.5) is 0 Å². The number of rotatable bonds is 4. The fourth-order valence-corrected chi connectivity index (χ4v) is 2.29. The van der Waals surface area contributed by atoms with Crippen molar-refractivity contribution in [3.05, 3.63) is 30.1 Å². The number of aliphatic hydroxyl groups is 1. The molecule has 1 aromatic heterocycles. The molecule has 0 unspecified atom stereocenters. The summed E-state index contributed by atoms with van der Waals surface area (Å²) in [5.41, 5.74) is 0.548. The minimum Gasteiger partial charge on any atom is -0.389 e. The summed E-state index contributed by atoms with van der Waals surface area (Å²) in [6.07, 6.45) is 5.95. The first kappa shape index (κ1) is 11.6. The van der Waals surface area contributed by atoms with Gasteiger partial charge in [0.25, 0.3) is 0 Å². The van der Waals surface area contributed by atoms with Gasteiger partial charge in [-0.25, -0.2) is 0 Å². The van der Waals surface area contributed by atoms with E-state index in [0.717, 1.165) is 31.4 Å². The van der Waals surface area contributed by atoms with Crippen molar-refractivity contribution in [1.29, 1.82) is 0 Å². The first-order chi connectivity index (χ1) is 7.70. The molecule has 1 aliphatic carbocycles. The Morgan fingerprint density at radius 1 is 1.44 bits per heavy atom. The second-order valence-corrected chi connectivity index (χ2v) is 4.79. The number of hydrogen-bond donors (Lipinski definition) is 2. The van der Waals surface area contributed by atoms with Gasteiger partial charge in [-0.05, 0) is 31.9 Å². The fourth-order valence-electron chi connectivity index (χ4n) is 2.29. The molecular formula is C13H20N2O. The number of aromatic nitrogens is 1. The first-order valence-electron chi connectivity index (χ1n) is 6.06. The van der Waals surface area contributed by atoms with Gasteiger partial charge in [0.2, 0.25) is 0 Å². The molecule has 1 saturated carbocycles. The Kier molecular flexibility index (Phi) is 3.56. The van der Waals surface area contributed by atoms with Crippen LogP contribution >= 0.6 is 0 Å². The lowest BCUT2D eigenvalue weighted by Gasteiger charge is -2.25. The second-order valence-electron chi connectivity index (χ2n) is 4.79. The van der Waals surface area contributed by atoms with Gasteiger partial charge in [-0.1, -0.05) is 18.9 Å². The van der Waals surface area contributed by atoms with Crippen molar-refractivity contribution in [3.63, 3.8) is 0 Å². The fraction of sp³-hybridized carbons (Fsp3) is 0.615. The zero-order valence-corrected chi connectivity index (χ0v) is 9.82. The Labute approximate surface area is 96.9 Å². The lowest BCUT2D eigenvalue weighted by atomic mass is 10.0. The molecule has 1 fully saturated rings. The van der Waals surface area contributed by atoms with E-state index in [9.17, 15) is 5.11 Å². The Bertz CT molecular complexity index is 320. The predicted molar refractivity (Wildman–Crippen MR) is 64.1 cm³/mol. The van der Waals surface area contributed by atoms with E-state index in [4.69, 9.17) is 0 Å². The second kappa shape index (κ2) is 4.93. The summed E-state index contributed by atoms with van der Waals surface area (Å²) >= 11 is 0. The molecule has 16 heavy (non-hydrogen) atoms. The van der Waals surface area contributed by atoms with Crippen molar-refractivity contribution in [2.45, 2.75) is 44.2 Å². The monoisotopic (exact) mass is 220 g/mol. The highest BCUT2D eigenvalue weighted by atomic mass is 16.3. The zero-order chi connectivity index (χ0) is 11.4. The van der Waals surface area contributed by atoms with Crippen molar-refractivity contribution in [2.75, 3.05) is 6.54 Å². The summed E-state index contributed by atoms with van der Waals surface area (Å²) in [6.45, 7) is 2.76. The third-order valence-corrected chi connectivity index (χ3v) is 3.40. The highest BCUT2D eigenvalue weighted by Crippen LogP contribution is 2.29. The molecule has 0 spiro atoms. The minimum absolute atomic E-state index is 0.200. The lowest BCUT2D eigenvalue weighted by Crippen LogP contribution is -2.39. The Morgan fingerprint density at radius 3 is 2.81 bits per heavy atom. The Morgan fingerprint density at radius 2 is 2.19 bits per heavy atom. The molecule has 2 rings (SSSR count). The predicted octanol–water partition coefficient (Wildman–Crippen LogP) is 2.04. The van der Waals surface area contributed by atoms with Crippen molar-refractivity contribution in [3.8, 4) is 0 Å². The molecular weight excluding hydrogens is 200 g/mol. The van der Waals surface area contributed by atoms with Crippen LogP contribution in [0.15, 0.2) is 24.4 Å². The molecule has 88 valence electrons. The Balaban J connectivity index is 1.86. The molecule has 3 nitrogen and oxygen atoms in total. The summed E-state index contributed by atoms with van der Waals surface area (Å²) in [5, 5.41) is 13.6. The van der Waals surface area contributed by atoms with Gasteiger partial charge < -0.3 is 10.4 Å². The molecule has 0 bridgehead atoms. The molecule has 0 radical (unpaired) electrons. The molecule has 2 N–H and O–H groups in total. The van der Waals surface area contributed by atoms with Crippen LogP contribution in [0, 0.1) is 0 Å². The first-order valence-corrected chi connectivity index (χ1v) is 6.06.